The van der Waals surface area contributed by atoms with Crippen LogP contribution in [-0.4, -0.2) is 37.6 Å². The molecule has 0 atom stereocenters. The lowest BCUT2D eigenvalue weighted by Crippen LogP contribution is -2.21. The van der Waals surface area contributed by atoms with E-state index in [1.54, 1.807) is 18.2 Å². The number of nitrogens with zero attached hydrogens (tertiary/aromatic N) is 1. The first-order valence-corrected chi connectivity index (χ1v) is 7.86. The molecular weight excluding hydrogens is 380 g/mol. The Bertz CT molecular complexity index is 863. The Balaban J connectivity index is 2.04. The van der Waals surface area contributed by atoms with Gasteiger partial charge in [-0.3, -0.25) is 14.9 Å². The minimum absolute atomic E-state index is 0.1000. The van der Waals surface area contributed by atoms with Crippen LogP contribution in [0.25, 0.3) is 0 Å². The van der Waals surface area contributed by atoms with E-state index in [9.17, 15) is 19.7 Å². The molecule has 1 N–H and O–H groups in total. The van der Waals surface area contributed by atoms with Gasteiger partial charge in [-0.2, -0.15) is 0 Å². The van der Waals surface area contributed by atoms with Crippen LogP contribution in [0.5, 0.6) is 11.5 Å². The number of rotatable bonds is 7. The van der Waals surface area contributed by atoms with Crippen molar-refractivity contribution in [3.8, 4) is 11.5 Å². The zero-order valence-electron chi connectivity index (χ0n) is 14.4. The number of ether oxygens (including phenoxy) is 3. The van der Waals surface area contributed by atoms with Gasteiger partial charge < -0.3 is 19.5 Å². The van der Waals surface area contributed by atoms with Gasteiger partial charge in [0, 0.05) is 35.0 Å². The number of nitro groups is 1. The Morgan fingerprint density at radius 2 is 1.74 bits per heavy atom. The van der Waals surface area contributed by atoms with E-state index in [2.05, 4.69) is 5.32 Å². The Morgan fingerprint density at radius 1 is 1.11 bits per heavy atom. The highest BCUT2D eigenvalue weighted by Crippen LogP contribution is 2.26. The molecule has 2 rings (SSSR count). The predicted molar refractivity (Wildman–Crippen MR) is 96.6 cm³/mol. The molecular formula is C17H15ClN2O7. The maximum Gasteiger partial charge on any atom is 0.345 e. The number of nitrogens with one attached hydrogen (secondary N) is 1. The molecule has 2 aromatic carbocycles. The van der Waals surface area contributed by atoms with Crippen molar-refractivity contribution in [2.45, 2.75) is 0 Å². The third-order valence-corrected chi connectivity index (χ3v) is 3.58. The van der Waals surface area contributed by atoms with Crippen LogP contribution < -0.4 is 14.8 Å². The van der Waals surface area contributed by atoms with Gasteiger partial charge in [0.1, 0.15) is 17.1 Å². The van der Waals surface area contributed by atoms with Gasteiger partial charge in [-0.1, -0.05) is 11.6 Å². The van der Waals surface area contributed by atoms with Crippen molar-refractivity contribution in [3.63, 3.8) is 0 Å². The molecule has 0 heterocycles. The van der Waals surface area contributed by atoms with Gasteiger partial charge in [0.2, 0.25) is 0 Å². The third kappa shape index (κ3) is 5.32. The van der Waals surface area contributed by atoms with Crippen molar-refractivity contribution >= 4 is 34.9 Å². The average Bonchev–Trinajstić information content (AvgIpc) is 2.65. The van der Waals surface area contributed by atoms with Crippen LogP contribution >= 0.6 is 11.6 Å². The van der Waals surface area contributed by atoms with Gasteiger partial charge in [-0.25, -0.2) is 4.79 Å². The molecule has 142 valence electrons. The Labute approximate surface area is 158 Å². The number of methoxy groups -OCH3 is 2. The summed E-state index contributed by atoms with van der Waals surface area (Å²) in [6, 6.07) is 8.22. The van der Waals surface area contributed by atoms with Crippen molar-refractivity contribution in [3.05, 3.63) is 57.1 Å². The van der Waals surface area contributed by atoms with Gasteiger partial charge in [-0.05, 0) is 12.1 Å². The minimum atomic E-state index is -1.02. The van der Waals surface area contributed by atoms with Crippen LogP contribution in [0.1, 0.15) is 10.4 Å². The summed E-state index contributed by atoms with van der Waals surface area (Å²) in [7, 11) is 2.92. The Kier molecular flexibility index (Phi) is 6.56. The maximum atomic E-state index is 12.0. The molecule has 0 bridgehead atoms. The van der Waals surface area contributed by atoms with E-state index in [0.29, 0.717) is 17.2 Å². The van der Waals surface area contributed by atoms with Gasteiger partial charge >= 0.3 is 5.97 Å². The quantitative estimate of drug-likeness (QED) is 0.435. The summed E-state index contributed by atoms with van der Waals surface area (Å²) >= 11 is 5.69. The number of anilines is 1. The van der Waals surface area contributed by atoms with Crippen LogP contribution in [0.4, 0.5) is 11.4 Å². The molecule has 0 saturated carbocycles. The van der Waals surface area contributed by atoms with E-state index < -0.39 is 29.1 Å². The van der Waals surface area contributed by atoms with E-state index in [1.165, 1.54) is 20.3 Å². The number of benzene rings is 2. The average molecular weight is 395 g/mol. The van der Waals surface area contributed by atoms with Crippen molar-refractivity contribution in [2.75, 3.05) is 26.1 Å². The Morgan fingerprint density at radius 3 is 2.30 bits per heavy atom. The molecule has 0 radical (unpaired) electrons. The highest BCUT2D eigenvalue weighted by molar-refractivity contribution is 6.31. The standard InChI is InChI=1S/C17H15ClN2O7/c1-25-12-6-11(7-13(8-12)26-2)19-16(21)9-27-17(22)14-4-3-10(18)5-15(14)20(23)24/h3-8H,9H2,1-2H3,(H,19,21). The molecule has 10 heteroatoms. The molecule has 0 aliphatic carbocycles. The van der Waals surface area contributed by atoms with Crippen LogP contribution in [0, 0.1) is 10.1 Å². The molecule has 2 aromatic rings. The van der Waals surface area contributed by atoms with Crippen molar-refractivity contribution in [2.24, 2.45) is 0 Å². The van der Waals surface area contributed by atoms with Crippen LogP contribution in [-0.2, 0) is 9.53 Å². The smallest absolute Gasteiger partial charge is 0.345 e. The van der Waals surface area contributed by atoms with E-state index in [1.807, 2.05) is 0 Å². The van der Waals surface area contributed by atoms with Gasteiger partial charge in [0.05, 0.1) is 19.1 Å². The summed E-state index contributed by atoms with van der Waals surface area (Å²) in [5.74, 6) is -0.746. The number of halogens is 1. The molecule has 0 unspecified atom stereocenters. The van der Waals surface area contributed by atoms with Crippen LogP contribution in [0.2, 0.25) is 5.02 Å². The topological polar surface area (TPSA) is 117 Å². The normalized spacial score (nSPS) is 10.0. The number of amides is 1. The molecule has 0 fully saturated rings. The monoisotopic (exact) mass is 394 g/mol. The highest BCUT2D eigenvalue weighted by atomic mass is 35.5. The second kappa shape index (κ2) is 8.86. The second-order valence-electron chi connectivity index (χ2n) is 5.14. The van der Waals surface area contributed by atoms with Gasteiger partial charge in [0.15, 0.2) is 6.61 Å². The highest BCUT2D eigenvalue weighted by Gasteiger charge is 2.22. The van der Waals surface area contributed by atoms with Gasteiger partial charge in [0.25, 0.3) is 11.6 Å². The number of esters is 1. The van der Waals surface area contributed by atoms with Gasteiger partial charge in [-0.15, -0.1) is 0 Å². The summed E-state index contributed by atoms with van der Waals surface area (Å²) in [6.45, 7) is -0.641. The fourth-order valence-corrected chi connectivity index (χ4v) is 2.28. The van der Waals surface area contributed by atoms with E-state index in [4.69, 9.17) is 25.8 Å². The first kappa shape index (κ1) is 20.0. The Hall–Kier alpha value is -3.33. The minimum Gasteiger partial charge on any atom is -0.497 e. The lowest BCUT2D eigenvalue weighted by molar-refractivity contribution is -0.385. The molecule has 0 spiro atoms. The summed E-state index contributed by atoms with van der Waals surface area (Å²) in [5.41, 5.74) is -0.449. The maximum absolute atomic E-state index is 12.0. The van der Waals surface area contributed by atoms with Crippen molar-refractivity contribution < 1.29 is 28.7 Å². The molecule has 0 aliphatic heterocycles. The zero-order valence-corrected chi connectivity index (χ0v) is 15.1. The lowest BCUT2D eigenvalue weighted by atomic mass is 10.2. The fourth-order valence-electron chi connectivity index (χ4n) is 2.11. The summed E-state index contributed by atoms with van der Waals surface area (Å²) in [5, 5.41) is 13.6. The first-order valence-electron chi connectivity index (χ1n) is 7.48. The molecule has 0 saturated heterocycles. The lowest BCUT2D eigenvalue weighted by Gasteiger charge is -2.10. The second-order valence-corrected chi connectivity index (χ2v) is 5.58. The van der Waals surface area contributed by atoms with Crippen molar-refractivity contribution in [1.29, 1.82) is 0 Å². The molecule has 0 aromatic heterocycles. The third-order valence-electron chi connectivity index (χ3n) is 3.35. The summed E-state index contributed by atoms with van der Waals surface area (Å²) in [4.78, 5) is 34.3. The van der Waals surface area contributed by atoms with E-state index in [0.717, 1.165) is 12.1 Å². The first-order chi connectivity index (χ1) is 12.8. The van der Waals surface area contributed by atoms with E-state index in [-0.39, 0.29) is 10.6 Å². The molecule has 9 nitrogen and oxygen atoms in total. The van der Waals surface area contributed by atoms with Crippen LogP contribution in [0.3, 0.4) is 0 Å². The summed E-state index contributed by atoms with van der Waals surface area (Å²) in [6.07, 6.45) is 0. The fraction of sp³-hybridized carbons (Fsp3) is 0.176. The number of hydrogen-bond acceptors (Lipinski definition) is 7. The van der Waals surface area contributed by atoms with Crippen molar-refractivity contribution in [1.82, 2.24) is 0 Å². The number of carbonyl (C=O) groups excluding carboxylic acids is 2. The molecule has 0 aliphatic rings. The largest absolute Gasteiger partial charge is 0.497 e. The summed E-state index contributed by atoms with van der Waals surface area (Å²) < 4.78 is 15.0. The number of nitro benzene ring substituents is 1. The molecule has 27 heavy (non-hydrogen) atoms. The van der Waals surface area contributed by atoms with E-state index >= 15 is 0 Å². The predicted octanol–water partition coefficient (Wildman–Crippen LogP) is 3.06. The van der Waals surface area contributed by atoms with Crippen LogP contribution in [0.15, 0.2) is 36.4 Å². The molecule has 1 amide bonds. The zero-order chi connectivity index (χ0) is 20.0. The number of carbonyl (C=O) groups is 2. The number of hydrogen-bond donors (Lipinski definition) is 1. The SMILES string of the molecule is COc1cc(NC(=O)COC(=O)c2ccc(Cl)cc2[N+](=O)[O-])cc(OC)c1.